The first-order valence-electron chi connectivity index (χ1n) is 7.50. The van der Waals surface area contributed by atoms with E-state index in [-0.39, 0.29) is 5.97 Å². The molecular weight excluding hydrogens is 272 g/mol. The molecule has 3 aromatic carbocycles. The molecule has 3 rings (SSSR count). The van der Waals surface area contributed by atoms with Crippen LogP contribution in [0.25, 0.3) is 10.8 Å². The highest BCUT2D eigenvalue weighted by molar-refractivity contribution is 5.97. The van der Waals surface area contributed by atoms with Gasteiger partial charge < -0.3 is 4.74 Å². The second kappa shape index (κ2) is 6.44. The van der Waals surface area contributed by atoms with Crippen LogP contribution in [0.4, 0.5) is 0 Å². The Kier molecular flexibility index (Phi) is 4.19. The van der Waals surface area contributed by atoms with Crippen molar-refractivity contribution in [3.63, 3.8) is 0 Å². The predicted molar refractivity (Wildman–Crippen MR) is 89.2 cm³/mol. The first-order chi connectivity index (χ1) is 10.8. The number of ether oxygens (including phenoxy) is 1. The fourth-order valence-corrected chi connectivity index (χ4v) is 2.68. The molecule has 0 aliphatic carbocycles. The van der Waals surface area contributed by atoms with Gasteiger partial charge in [0.1, 0.15) is 0 Å². The van der Waals surface area contributed by atoms with E-state index >= 15 is 0 Å². The van der Waals surface area contributed by atoms with Gasteiger partial charge in [-0.25, -0.2) is 4.79 Å². The third kappa shape index (κ3) is 3.01. The van der Waals surface area contributed by atoms with Crippen LogP contribution in [-0.2, 0) is 11.2 Å². The van der Waals surface area contributed by atoms with Crippen LogP contribution in [0.5, 0.6) is 0 Å². The van der Waals surface area contributed by atoms with Crippen molar-refractivity contribution in [2.24, 2.45) is 0 Å². The highest BCUT2D eigenvalue weighted by Crippen LogP contribution is 2.24. The minimum absolute atomic E-state index is 0.262. The topological polar surface area (TPSA) is 26.3 Å². The van der Waals surface area contributed by atoms with Gasteiger partial charge in [0.2, 0.25) is 0 Å². The quantitative estimate of drug-likeness (QED) is 0.656. The zero-order valence-corrected chi connectivity index (χ0v) is 12.6. The van der Waals surface area contributed by atoms with E-state index in [1.54, 1.807) is 0 Å². The molecule has 0 amide bonds. The van der Waals surface area contributed by atoms with Gasteiger partial charge in [-0.2, -0.15) is 0 Å². The summed E-state index contributed by atoms with van der Waals surface area (Å²) in [5.74, 6) is -0.262. The molecule has 0 aromatic heterocycles. The molecule has 0 N–H and O–H groups in total. The predicted octanol–water partition coefficient (Wildman–Crippen LogP) is 4.61. The molecular formula is C20H18O2. The van der Waals surface area contributed by atoms with E-state index in [1.165, 1.54) is 10.9 Å². The molecule has 0 saturated heterocycles. The Morgan fingerprint density at radius 3 is 2.45 bits per heavy atom. The molecule has 110 valence electrons. The summed E-state index contributed by atoms with van der Waals surface area (Å²) in [5.41, 5.74) is 2.99. The minimum atomic E-state index is -0.262. The maximum atomic E-state index is 12.1. The first-order valence-corrected chi connectivity index (χ1v) is 7.50. The van der Waals surface area contributed by atoms with Crippen LogP contribution in [-0.4, -0.2) is 12.6 Å². The standard InChI is InChI=1S/C20H18O2/c1-2-22-20(21)18-13-16-10-6-7-11-19(16)17(14-18)12-15-8-4-3-5-9-15/h3-11,13-14H,2,12H2,1H3. The average molecular weight is 290 g/mol. The smallest absolute Gasteiger partial charge is 0.338 e. The van der Waals surface area contributed by atoms with Gasteiger partial charge in [-0.15, -0.1) is 0 Å². The fraction of sp³-hybridized carbons (Fsp3) is 0.150. The second-order valence-corrected chi connectivity index (χ2v) is 5.24. The summed E-state index contributed by atoms with van der Waals surface area (Å²) in [5, 5.41) is 2.25. The van der Waals surface area contributed by atoms with Crippen molar-refractivity contribution < 1.29 is 9.53 Å². The molecule has 0 heterocycles. The average Bonchev–Trinajstić information content (AvgIpc) is 2.56. The number of esters is 1. The minimum Gasteiger partial charge on any atom is -0.462 e. The Balaban J connectivity index is 2.08. The summed E-state index contributed by atoms with van der Waals surface area (Å²) in [6.07, 6.45) is 0.800. The van der Waals surface area contributed by atoms with Gasteiger partial charge in [-0.3, -0.25) is 0 Å². The summed E-state index contributed by atoms with van der Waals surface area (Å²) in [7, 11) is 0. The molecule has 0 aliphatic rings. The molecule has 0 unspecified atom stereocenters. The van der Waals surface area contributed by atoms with Crippen molar-refractivity contribution in [1.82, 2.24) is 0 Å². The summed E-state index contributed by atoms with van der Waals surface area (Å²) >= 11 is 0. The number of carbonyl (C=O) groups is 1. The summed E-state index contributed by atoms with van der Waals surface area (Å²) in [6.45, 7) is 2.21. The van der Waals surface area contributed by atoms with E-state index < -0.39 is 0 Å². The molecule has 22 heavy (non-hydrogen) atoms. The largest absolute Gasteiger partial charge is 0.462 e. The lowest BCUT2D eigenvalue weighted by Gasteiger charge is -2.10. The Morgan fingerprint density at radius 2 is 1.68 bits per heavy atom. The normalized spacial score (nSPS) is 10.6. The fourth-order valence-electron chi connectivity index (χ4n) is 2.68. The monoisotopic (exact) mass is 290 g/mol. The molecule has 2 nitrogen and oxygen atoms in total. The first kappa shape index (κ1) is 14.3. The van der Waals surface area contributed by atoms with Crippen LogP contribution >= 0.6 is 0 Å². The highest BCUT2D eigenvalue weighted by Gasteiger charge is 2.11. The lowest BCUT2D eigenvalue weighted by Crippen LogP contribution is -2.05. The van der Waals surface area contributed by atoms with Crippen molar-refractivity contribution in [3.05, 3.63) is 83.4 Å². The van der Waals surface area contributed by atoms with Gasteiger partial charge >= 0.3 is 5.97 Å². The molecule has 0 aliphatic heterocycles. The molecule has 0 saturated carbocycles. The number of hydrogen-bond acceptors (Lipinski definition) is 2. The second-order valence-electron chi connectivity index (χ2n) is 5.24. The van der Waals surface area contributed by atoms with E-state index in [2.05, 4.69) is 18.2 Å². The lowest BCUT2D eigenvalue weighted by molar-refractivity contribution is 0.0526. The van der Waals surface area contributed by atoms with Crippen molar-refractivity contribution >= 4 is 16.7 Å². The van der Waals surface area contributed by atoms with Crippen molar-refractivity contribution in [2.45, 2.75) is 13.3 Å². The van der Waals surface area contributed by atoms with Gasteiger partial charge in [0.05, 0.1) is 12.2 Å². The summed E-state index contributed by atoms with van der Waals surface area (Å²) in [6, 6.07) is 22.3. The van der Waals surface area contributed by atoms with Gasteiger partial charge in [-0.05, 0) is 47.4 Å². The maximum absolute atomic E-state index is 12.1. The van der Waals surface area contributed by atoms with Gasteiger partial charge in [0, 0.05) is 0 Å². The number of benzene rings is 3. The Labute approximate surface area is 130 Å². The van der Waals surface area contributed by atoms with Crippen LogP contribution in [0.3, 0.4) is 0 Å². The Bertz CT molecular complexity index is 791. The Hall–Kier alpha value is -2.61. The van der Waals surface area contributed by atoms with E-state index in [9.17, 15) is 4.79 Å². The van der Waals surface area contributed by atoms with Crippen LogP contribution in [0, 0.1) is 0 Å². The van der Waals surface area contributed by atoms with Gasteiger partial charge in [0.25, 0.3) is 0 Å². The van der Waals surface area contributed by atoms with Crippen molar-refractivity contribution in [1.29, 1.82) is 0 Å². The van der Waals surface area contributed by atoms with Crippen LogP contribution in [0.1, 0.15) is 28.4 Å². The Morgan fingerprint density at radius 1 is 0.955 bits per heavy atom. The van der Waals surface area contributed by atoms with Crippen molar-refractivity contribution in [3.8, 4) is 0 Å². The van der Waals surface area contributed by atoms with Crippen LogP contribution in [0.2, 0.25) is 0 Å². The number of rotatable bonds is 4. The number of carbonyl (C=O) groups excluding carboxylic acids is 1. The number of hydrogen-bond donors (Lipinski definition) is 0. The van der Waals surface area contributed by atoms with Crippen molar-refractivity contribution in [2.75, 3.05) is 6.61 Å². The molecule has 2 heteroatoms. The molecule has 0 radical (unpaired) electrons. The van der Waals surface area contributed by atoms with E-state index in [1.807, 2.05) is 55.5 Å². The molecule has 0 atom stereocenters. The molecule has 0 spiro atoms. The van der Waals surface area contributed by atoms with E-state index in [4.69, 9.17) is 4.74 Å². The SMILES string of the molecule is CCOC(=O)c1cc(Cc2ccccc2)c2ccccc2c1. The zero-order valence-electron chi connectivity index (χ0n) is 12.6. The highest BCUT2D eigenvalue weighted by atomic mass is 16.5. The summed E-state index contributed by atoms with van der Waals surface area (Å²) < 4.78 is 5.14. The summed E-state index contributed by atoms with van der Waals surface area (Å²) in [4.78, 5) is 12.1. The van der Waals surface area contributed by atoms with Gasteiger partial charge in [-0.1, -0.05) is 54.6 Å². The lowest BCUT2D eigenvalue weighted by atomic mass is 9.96. The molecule has 0 fully saturated rings. The van der Waals surface area contributed by atoms with E-state index in [0.717, 1.165) is 17.4 Å². The third-order valence-electron chi connectivity index (χ3n) is 3.70. The third-order valence-corrected chi connectivity index (χ3v) is 3.70. The van der Waals surface area contributed by atoms with E-state index in [0.29, 0.717) is 12.2 Å². The molecule has 0 bridgehead atoms. The zero-order chi connectivity index (χ0) is 15.4. The van der Waals surface area contributed by atoms with Crippen LogP contribution in [0.15, 0.2) is 66.7 Å². The maximum Gasteiger partial charge on any atom is 0.338 e. The number of fused-ring (bicyclic) bond motifs is 1. The van der Waals surface area contributed by atoms with Crippen LogP contribution < -0.4 is 0 Å². The molecule has 3 aromatic rings. The van der Waals surface area contributed by atoms with Gasteiger partial charge in [0.15, 0.2) is 0 Å².